The van der Waals surface area contributed by atoms with Gasteiger partial charge in [-0.2, -0.15) is 0 Å². The van der Waals surface area contributed by atoms with Crippen LogP contribution < -0.4 is 10.0 Å². The first-order valence-corrected chi connectivity index (χ1v) is 11.1. The average Bonchev–Trinajstić information content (AvgIpc) is 2.80. The lowest BCUT2D eigenvalue weighted by Gasteiger charge is -2.19. The molecule has 0 bridgehead atoms. The van der Waals surface area contributed by atoms with Gasteiger partial charge < -0.3 is 5.32 Å². The maximum absolute atomic E-state index is 12.8. The molecule has 3 aromatic rings. The molecule has 33 heavy (non-hydrogen) atoms. The highest BCUT2D eigenvalue weighted by atomic mass is 35.5. The summed E-state index contributed by atoms with van der Waals surface area (Å²) < 4.78 is 27.4. The van der Waals surface area contributed by atoms with Crippen LogP contribution in [0.2, 0.25) is 0 Å². The molecule has 1 heterocycles. The fourth-order valence-electron chi connectivity index (χ4n) is 3.09. The van der Waals surface area contributed by atoms with Crippen LogP contribution in [0.1, 0.15) is 20.7 Å². The number of allylic oxidation sites excluding steroid dienone is 2. The molecule has 0 atom stereocenters. The van der Waals surface area contributed by atoms with E-state index in [-0.39, 0.29) is 33.2 Å². The van der Waals surface area contributed by atoms with Crippen LogP contribution in [0, 0.1) is 10.1 Å². The minimum absolute atomic E-state index is 0.0312. The number of fused-ring (bicyclic) bond motifs is 1. The summed E-state index contributed by atoms with van der Waals surface area (Å²) in [6.45, 7) is 0. The molecule has 0 spiro atoms. The van der Waals surface area contributed by atoms with Crippen LogP contribution in [0.5, 0.6) is 0 Å². The molecule has 0 radical (unpaired) electrons. The van der Waals surface area contributed by atoms with Crippen molar-refractivity contribution in [1.82, 2.24) is 4.98 Å². The minimum Gasteiger partial charge on any atom is -0.351 e. The van der Waals surface area contributed by atoms with E-state index >= 15 is 0 Å². The lowest BCUT2D eigenvalue weighted by Crippen LogP contribution is -2.24. The van der Waals surface area contributed by atoms with E-state index in [1.54, 1.807) is 12.1 Å². The molecule has 10 nitrogen and oxygen atoms in total. The number of nitro benzene ring substituents is 1. The fraction of sp³-hybridized carbons (Fsp3) is 0. The predicted octanol–water partition coefficient (Wildman–Crippen LogP) is 3.73. The number of non-ortho nitro benzene ring substituents is 1. The molecule has 0 saturated heterocycles. The number of ketones is 2. The number of sulfonamides is 1. The highest BCUT2D eigenvalue weighted by Crippen LogP contribution is 2.32. The van der Waals surface area contributed by atoms with Crippen molar-refractivity contribution in [2.45, 2.75) is 4.90 Å². The summed E-state index contributed by atoms with van der Waals surface area (Å²) in [6.07, 6.45) is 1.45. The lowest BCUT2D eigenvalue weighted by molar-refractivity contribution is -0.384. The number of anilines is 2. The molecule has 0 aliphatic heterocycles. The van der Waals surface area contributed by atoms with E-state index in [0.29, 0.717) is 5.69 Å². The van der Waals surface area contributed by atoms with E-state index < -0.39 is 31.5 Å². The number of hydrogen-bond donors (Lipinski definition) is 2. The van der Waals surface area contributed by atoms with Crippen molar-refractivity contribution in [3.63, 3.8) is 0 Å². The summed E-state index contributed by atoms with van der Waals surface area (Å²) in [7, 11) is -3.90. The fourth-order valence-corrected chi connectivity index (χ4v) is 4.33. The topological polar surface area (TPSA) is 148 Å². The molecule has 0 amide bonds. The number of carbonyl (C=O) groups is 2. The van der Waals surface area contributed by atoms with Gasteiger partial charge >= 0.3 is 0 Å². The second kappa shape index (κ2) is 8.45. The van der Waals surface area contributed by atoms with Gasteiger partial charge in [-0.15, -0.1) is 0 Å². The average molecular weight is 485 g/mol. The Balaban J connectivity index is 1.58. The molecule has 0 saturated carbocycles. The molecule has 2 N–H and O–H groups in total. The largest absolute Gasteiger partial charge is 0.351 e. The van der Waals surface area contributed by atoms with Crippen molar-refractivity contribution in [3.05, 3.63) is 98.8 Å². The molecule has 1 aliphatic rings. The zero-order valence-electron chi connectivity index (χ0n) is 16.5. The van der Waals surface area contributed by atoms with Gasteiger partial charge in [-0.05, 0) is 42.5 Å². The predicted molar refractivity (Wildman–Crippen MR) is 120 cm³/mol. The maximum Gasteiger partial charge on any atom is 0.270 e. The number of pyridine rings is 1. The van der Waals surface area contributed by atoms with E-state index in [9.17, 15) is 28.1 Å². The molecule has 2 aromatic carbocycles. The summed E-state index contributed by atoms with van der Waals surface area (Å²) in [5.74, 6) is -1.21. The van der Waals surface area contributed by atoms with Gasteiger partial charge in [0.15, 0.2) is 0 Å². The van der Waals surface area contributed by atoms with E-state index in [0.717, 1.165) is 12.1 Å². The summed E-state index contributed by atoms with van der Waals surface area (Å²) >= 11 is 6.10. The summed E-state index contributed by atoms with van der Waals surface area (Å²) in [5.41, 5.74) is -0.452. The third-order valence-electron chi connectivity index (χ3n) is 4.69. The third kappa shape index (κ3) is 4.31. The van der Waals surface area contributed by atoms with Gasteiger partial charge in [0.2, 0.25) is 11.6 Å². The van der Waals surface area contributed by atoms with Crippen molar-refractivity contribution in [3.8, 4) is 0 Å². The Morgan fingerprint density at radius 3 is 2.30 bits per heavy atom. The maximum atomic E-state index is 12.8. The molecule has 0 unspecified atom stereocenters. The summed E-state index contributed by atoms with van der Waals surface area (Å²) in [5, 5.41) is 13.3. The van der Waals surface area contributed by atoms with Gasteiger partial charge in [0.25, 0.3) is 15.7 Å². The number of benzene rings is 2. The standard InChI is InChI=1S/C21H13ClN4O6S/c22-18-19(21(28)15-9-6-13(26(29)30)11-16(15)20(18)27)24-12-4-7-14(8-5-12)33(31,32)25-17-3-1-2-10-23-17/h1-11,24H,(H,23,25). The Kier molecular flexibility index (Phi) is 5.66. The van der Waals surface area contributed by atoms with Gasteiger partial charge in [0, 0.05) is 35.1 Å². The third-order valence-corrected chi connectivity index (χ3v) is 6.42. The first-order chi connectivity index (χ1) is 15.7. The Morgan fingerprint density at radius 2 is 1.67 bits per heavy atom. The molecule has 4 rings (SSSR count). The molecule has 0 fully saturated rings. The second-order valence-corrected chi connectivity index (χ2v) is 8.86. The number of halogens is 1. The van der Waals surface area contributed by atoms with Gasteiger partial charge in [-0.3, -0.25) is 24.4 Å². The Labute approximate surface area is 192 Å². The van der Waals surface area contributed by atoms with Crippen LogP contribution in [0.3, 0.4) is 0 Å². The van der Waals surface area contributed by atoms with Crippen molar-refractivity contribution in [2.75, 3.05) is 10.0 Å². The number of carbonyl (C=O) groups excluding carboxylic acids is 2. The number of nitro groups is 1. The molecular formula is C21H13ClN4O6S. The van der Waals surface area contributed by atoms with Gasteiger partial charge in [-0.1, -0.05) is 17.7 Å². The Bertz CT molecular complexity index is 1440. The Hall–Kier alpha value is -4.09. The minimum atomic E-state index is -3.90. The van der Waals surface area contributed by atoms with Crippen LogP contribution in [0.25, 0.3) is 0 Å². The van der Waals surface area contributed by atoms with E-state index in [2.05, 4.69) is 15.0 Å². The number of aromatic nitrogens is 1. The van der Waals surface area contributed by atoms with Crippen LogP contribution in [0.4, 0.5) is 17.2 Å². The van der Waals surface area contributed by atoms with Crippen LogP contribution in [-0.2, 0) is 10.0 Å². The van der Waals surface area contributed by atoms with Crippen LogP contribution >= 0.6 is 11.6 Å². The summed E-state index contributed by atoms with van der Waals surface area (Å²) in [6, 6.07) is 13.5. The van der Waals surface area contributed by atoms with E-state index in [1.165, 1.54) is 42.6 Å². The second-order valence-electron chi connectivity index (χ2n) is 6.80. The van der Waals surface area contributed by atoms with Gasteiger partial charge in [0.05, 0.1) is 9.82 Å². The zero-order valence-corrected chi connectivity index (χ0v) is 18.1. The molecule has 1 aromatic heterocycles. The monoisotopic (exact) mass is 484 g/mol. The van der Waals surface area contributed by atoms with Gasteiger partial charge in [-0.25, -0.2) is 13.4 Å². The molecule has 166 valence electrons. The zero-order chi connectivity index (χ0) is 23.8. The van der Waals surface area contributed by atoms with Gasteiger partial charge in [0.1, 0.15) is 16.5 Å². The van der Waals surface area contributed by atoms with E-state index in [1.807, 2.05) is 0 Å². The first-order valence-electron chi connectivity index (χ1n) is 9.26. The van der Waals surface area contributed by atoms with Crippen LogP contribution in [-0.4, -0.2) is 29.9 Å². The SMILES string of the molecule is O=C1C(Cl)=C(Nc2ccc(S(=O)(=O)Nc3ccccn3)cc2)C(=O)c2ccc([N+](=O)[O-])cc21. The van der Waals surface area contributed by atoms with E-state index in [4.69, 9.17) is 11.6 Å². The van der Waals surface area contributed by atoms with Crippen molar-refractivity contribution < 1.29 is 22.9 Å². The highest BCUT2D eigenvalue weighted by Gasteiger charge is 2.33. The Morgan fingerprint density at radius 1 is 0.939 bits per heavy atom. The molecule has 12 heteroatoms. The number of hydrogen-bond acceptors (Lipinski definition) is 8. The number of nitrogens with zero attached hydrogens (tertiary/aromatic N) is 2. The number of nitrogens with one attached hydrogen (secondary N) is 2. The normalized spacial score (nSPS) is 13.5. The van der Waals surface area contributed by atoms with Crippen molar-refractivity contribution in [2.24, 2.45) is 0 Å². The highest BCUT2D eigenvalue weighted by molar-refractivity contribution is 7.92. The number of Topliss-reactive ketones (excluding diaryl/α,β-unsaturated/α-hetero) is 2. The molecular weight excluding hydrogens is 472 g/mol. The first kappa shape index (κ1) is 22.1. The number of rotatable bonds is 6. The quantitative estimate of drug-likeness (QED) is 0.397. The van der Waals surface area contributed by atoms with Crippen molar-refractivity contribution >= 4 is 50.4 Å². The van der Waals surface area contributed by atoms with Crippen molar-refractivity contribution in [1.29, 1.82) is 0 Å². The van der Waals surface area contributed by atoms with Crippen LogP contribution in [0.15, 0.2) is 82.5 Å². The smallest absolute Gasteiger partial charge is 0.270 e. The molecule has 1 aliphatic carbocycles. The summed E-state index contributed by atoms with van der Waals surface area (Å²) in [4.78, 5) is 39.6. The lowest BCUT2D eigenvalue weighted by atomic mass is 9.92.